The standard InChI is InChI=1S/C8H7BrFNO2/c1-13-8(12)5-2-4(11)3-6(10)7(5)9/h2-3H,11H2,1H3. The summed E-state index contributed by atoms with van der Waals surface area (Å²) in [6.45, 7) is 0. The molecule has 0 fully saturated rings. The second kappa shape index (κ2) is 3.74. The molecular weight excluding hydrogens is 241 g/mol. The maximum atomic E-state index is 13.0. The zero-order chi connectivity index (χ0) is 10.0. The summed E-state index contributed by atoms with van der Waals surface area (Å²) in [5, 5.41) is 0. The van der Waals surface area contributed by atoms with Gasteiger partial charge in [-0.15, -0.1) is 0 Å². The molecule has 0 spiro atoms. The minimum absolute atomic E-state index is 0.0635. The van der Waals surface area contributed by atoms with E-state index in [2.05, 4.69) is 20.7 Å². The first-order chi connectivity index (χ1) is 6.06. The Morgan fingerprint density at radius 2 is 2.23 bits per heavy atom. The van der Waals surface area contributed by atoms with Crippen molar-refractivity contribution in [3.8, 4) is 0 Å². The Balaban J connectivity index is 3.28. The van der Waals surface area contributed by atoms with Gasteiger partial charge in [0.15, 0.2) is 0 Å². The molecule has 70 valence electrons. The fourth-order valence-electron chi connectivity index (χ4n) is 0.869. The number of halogens is 2. The molecule has 5 heteroatoms. The van der Waals surface area contributed by atoms with Gasteiger partial charge in [-0.3, -0.25) is 0 Å². The molecule has 0 aliphatic rings. The molecule has 0 saturated carbocycles. The summed E-state index contributed by atoms with van der Waals surface area (Å²) in [5.74, 6) is -1.21. The van der Waals surface area contributed by atoms with E-state index in [-0.39, 0.29) is 15.7 Å². The molecular formula is C8H7BrFNO2. The Hall–Kier alpha value is -1.10. The highest BCUT2D eigenvalue weighted by atomic mass is 79.9. The molecule has 2 N–H and O–H groups in total. The van der Waals surface area contributed by atoms with Crippen molar-refractivity contribution in [2.45, 2.75) is 0 Å². The molecule has 1 aromatic carbocycles. The van der Waals surface area contributed by atoms with Crippen LogP contribution in [0.15, 0.2) is 16.6 Å². The Morgan fingerprint density at radius 1 is 1.62 bits per heavy atom. The summed E-state index contributed by atoms with van der Waals surface area (Å²) in [5.41, 5.74) is 5.62. The van der Waals surface area contributed by atoms with Gasteiger partial charge in [-0.25, -0.2) is 9.18 Å². The number of hydrogen-bond acceptors (Lipinski definition) is 3. The number of anilines is 1. The smallest absolute Gasteiger partial charge is 0.339 e. The van der Waals surface area contributed by atoms with Crippen LogP contribution in [0, 0.1) is 5.82 Å². The Morgan fingerprint density at radius 3 is 2.77 bits per heavy atom. The molecule has 1 aromatic rings. The summed E-state index contributed by atoms with van der Waals surface area (Å²) >= 11 is 2.92. The molecule has 0 radical (unpaired) electrons. The second-order valence-electron chi connectivity index (χ2n) is 2.36. The lowest BCUT2D eigenvalue weighted by atomic mass is 10.2. The molecule has 0 aliphatic carbocycles. The first-order valence-corrected chi connectivity index (χ1v) is 4.18. The fourth-order valence-corrected chi connectivity index (χ4v) is 1.26. The lowest BCUT2D eigenvalue weighted by molar-refractivity contribution is 0.0599. The van der Waals surface area contributed by atoms with Crippen molar-refractivity contribution in [3.63, 3.8) is 0 Å². The molecule has 0 saturated heterocycles. The monoisotopic (exact) mass is 247 g/mol. The highest BCUT2D eigenvalue weighted by Crippen LogP contribution is 2.24. The number of esters is 1. The quantitative estimate of drug-likeness (QED) is 0.610. The van der Waals surface area contributed by atoms with E-state index < -0.39 is 11.8 Å². The number of methoxy groups -OCH3 is 1. The minimum Gasteiger partial charge on any atom is -0.465 e. The van der Waals surface area contributed by atoms with Gasteiger partial charge in [-0.1, -0.05) is 0 Å². The summed E-state index contributed by atoms with van der Waals surface area (Å²) in [6, 6.07) is 2.47. The van der Waals surface area contributed by atoms with Crippen molar-refractivity contribution in [1.82, 2.24) is 0 Å². The molecule has 0 atom stereocenters. The maximum Gasteiger partial charge on any atom is 0.339 e. The van der Waals surface area contributed by atoms with E-state index >= 15 is 0 Å². The average molecular weight is 248 g/mol. The van der Waals surface area contributed by atoms with E-state index in [1.54, 1.807) is 0 Å². The van der Waals surface area contributed by atoms with Gasteiger partial charge >= 0.3 is 5.97 Å². The number of nitrogen functional groups attached to an aromatic ring is 1. The van der Waals surface area contributed by atoms with Crippen LogP contribution < -0.4 is 5.73 Å². The second-order valence-corrected chi connectivity index (χ2v) is 3.15. The van der Waals surface area contributed by atoms with Gasteiger partial charge in [-0.05, 0) is 28.1 Å². The number of carbonyl (C=O) groups excluding carboxylic acids is 1. The van der Waals surface area contributed by atoms with Gasteiger partial charge in [0.2, 0.25) is 0 Å². The largest absolute Gasteiger partial charge is 0.465 e. The van der Waals surface area contributed by atoms with E-state index in [0.29, 0.717) is 0 Å². The molecule has 0 bridgehead atoms. The number of hydrogen-bond donors (Lipinski definition) is 1. The number of nitrogens with two attached hydrogens (primary N) is 1. The van der Waals surface area contributed by atoms with Gasteiger partial charge in [0.1, 0.15) is 5.82 Å². The number of benzene rings is 1. The van der Waals surface area contributed by atoms with Crippen LogP contribution in [0.1, 0.15) is 10.4 Å². The zero-order valence-corrected chi connectivity index (χ0v) is 8.39. The topological polar surface area (TPSA) is 52.3 Å². The van der Waals surface area contributed by atoms with Crippen LogP contribution in [0.5, 0.6) is 0 Å². The number of carbonyl (C=O) groups is 1. The van der Waals surface area contributed by atoms with Crippen molar-refractivity contribution < 1.29 is 13.9 Å². The molecule has 0 aliphatic heterocycles. The normalized spacial score (nSPS) is 9.77. The van der Waals surface area contributed by atoms with Crippen molar-refractivity contribution >= 4 is 27.6 Å². The Kier molecular flexibility index (Phi) is 2.87. The SMILES string of the molecule is COC(=O)c1cc(N)cc(F)c1Br. The van der Waals surface area contributed by atoms with Crippen LogP contribution in [-0.4, -0.2) is 13.1 Å². The van der Waals surface area contributed by atoms with Crippen LogP contribution in [0.25, 0.3) is 0 Å². The average Bonchev–Trinajstić information content (AvgIpc) is 2.10. The van der Waals surface area contributed by atoms with Crippen molar-refractivity contribution in [3.05, 3.63) is 28.0 Å². The molecule has 0 unspecified atom stereocenters. The van der Waals surface area contributed by atoms with Crippen molar-refractivity contribution in [2.75, 3.05) is 12.8 Å². The maximum absolute atomic E-state index is 13.0. The fraction of sp³-hybridized carbons (Fsp3) is 0.125. The molecule has 13 heavy (non-hydrogen) atoms. The molecule has 0 aromatic heterocycles. The summed E-state index contributed by atoms with van der Waals surface area (Å²) < 4.78 is 17.5. The summed E-state index contributed by atoms with van der Waals surface area (Å²) in [4.78, 5) is 11.1. The Bertz CT molecular complexity index is 354. The van der Waals surface area contributed by atoms with Gasteiger partial charge in [0.25, 0.3) is 0 Å². The number of rotatable bonds is 1. The lowest BCUT2D eigenvalue weighted by Crippen LogP contribution is -2.04. The highest BCUT2D eigenvalue weighted by molar-refractivity contribution is 9.10. The minimum atomic E-state index is -0.627. The van der Waals surface area contributed by atoms with E-state index in [9.17, 15) is 9.18 Å². The van der Waals surface area contributed by atoms with E-state index in [1.165, 1.54) is 13.2 Å². The third kappa shape index (κ3) is 1.98. The van der Waals surface area contributed by atoms with Gasteiger partial charge < -0.3 is 10.5 Å². The van der Waals surface area contributed by atoms with E-state index in [4.69, 9.17) is 5.73 Å². The van der Waals surface area contributed by atoms with Crippen LogP contribution in [-0.2, 0) is 4.74 Å². The number of ether oxygens (including phenoxy) is 1. The molecule has 0 heterocycles. The molecule has 3 nitrogen and oxygen atoms in total. The van der Waals surface area contributed by atoms with Crippen LogP contribution in [0.3, 0.4) is 0 Å². The zero-order valence-electron chi connectivity index (χ0n) is 6.80. The third-order valence-electron chi connectivity index (χ3n) is 1.46. The first-order valence-electron chi connectivity index (χ1n) is 3.39. The van der Waals surface area contributed by atoms with E-state index in [0.717, 1.165) is 6.07 Å². The first kappa shape index (κ1) is 9.98. The Labute approximate surface area is 82.8 Å². The van der Waals surface area contributed by atoms with Crippen molar-refractivity contribution in [2.24, 2.45) is 0 Å². The summed E-state index contributed by atoms with van der Waals surface area (Å²) in [6.07, 6.45) is 0. The predicted octanol–water partition coefficient (Wildman–Crippen LogP) is 1.96. The van der Waals surface area contributed by atoms with Crippen LogP contribution in [0.2, 0.25) is 0 Å². The van der Waals surface area contributed by atoms with Crippen LogP contribution in [0.4, 0.5) is 10.1 Å². The molecule has 0 amide bonds. The van der Waals surface area contributed by atoms with Gasteiger partial charge in [0.05, 0.1) is 17.1 Å². The predicted molar refractivity (Wildman–Crippen MR) is 49.9 cm³/mol. The van der Waals surface area contributed by atoms with Crippen LogP contribution >= 0.6 is 15.9 Å². The van der Waals surface area contributed by atoms with Gasteiger partial charge in [-0.2, -0.15) is 0 Å². The highest BCUT2D eigenvalue weighted by Gasteiger charge is 2.14. The van der Waals surface area contributed by atoms with Gasteiger partial charge in [0, 0.05) is 5.69 Å². The molecule has 1 rings (SSSR count). The third-order valence-corrected chi connectivity index (χ3v) is 2.26. The van der Waals surface area contributed by atoms with Crippen molar-refractivity contribution in [1.29, 1.82) is 0 Å². The summed E-state index contributed by atoms with van der Waals surface area (Å²) in [7, 11) is 1.22. The van der Waals surface area contributed by atoms with E-state index in [1.807, 2.05) is 0 Å². The lowest BCUT2D eigenvalue weighted by Gasteiger charge is -2.04.